The maximum atomic E-state index is 7.75. The van der Waals surface area contributed by atoms with Gasteiger partial charge in [-0.25, -0.2) is 0 Å². The summed E-state index contributed by atoms with van der Waals surface area (Å²) in [7, 11) is 0. The van der Waals surface area contributed by atoms with Gasteiger partial charge in [0.25, 0.3) is 0 Å². The number of hydrogen-bond donors (Lipinski definition) is 2. The first-order valence-electron chi connectivity index (χ1n) is 8.12. The van der Waals surface area contributed by atoms with Crippen molar-refractivity contribution in [2.75, 3.05) is 6.54 Å². The molecule has 2 heteroatoms. The smallest absolute Gasteiger partial charge is 0.0931 e. The van der Waals surface area contributed by atoms with Crippen LogP contribution in [0.15, 0.2) is 0 Å². The van der Waals surface area contributed by atoms with Crippen LogP contribution in [0.3, 0.4) is 0 Å². The lowest BCUT2D eigenvalue weighted by atomic mass is 10.1. The molecule has 0 aromatic heterocycles. The number of nitrogens with one attached hydrogen (secondary N) is 2. The summed E-state index contributed by atoms with van der Waals surface area (Å²) in [5.74, 6) is 0.742. The Morgan fingerprint density at radius 2 is 1.22 bits per heavy atom. The van der Waals surface area contributed by atoms with Crippen molar-refractivity contribution in [2.24, 2.45) is 0 Å². The molecule has 0 aromatic rings. The molecule has 0 aliphatic rings. The second-order valence-corrected chi connectivity index (χ2v) is 5.34. The van der Waals surface area contributed by atoms with E-state index in [4.69, 9.17) is 5.41 Å². The van der Waals surface area contributed by atoms with E-state index in [2.05, 4.69) is 19.2 Å². The fourth-order valence-corrected chi connectivity index (χ4v) is 2.12. The van der Waals surface area contributed by atoms with Crippen molar-refractivity contribution in [1.29, 1.82) is 5.41 Å². The van der Waals surface area contributed by atoms with E-state index in [0.717, 1.165) is 18.8 Å². The molecule has 0 saturated heterocycles. The molecule has 0 aliphatic heterocycles. The predicted molar refractivity (Wildman–Crippen MR) is 82.5 cm³/mol. The SMILES string of the molecule is CCCCCCCCCCCC(=N)NCCCC. The number of hydrogen-bond acceptors (Lipinski definition) is 1. The molecule has 0 fully saturated rings. The Morgan fingerprint density at radius 1 is 0.722 bits per heavy atom. The molecule has 0 unspecified atom stereocenters. The molecule has 0 rings (SSSR count). The molecule has 0 aliphatic carbocycles. The van der Waals surface area contributed by atoms with E-state index < -0.39 is 0 Å². The largest absolute Gasteiger partial charge is 0.374 e. The highest BCUT2D eigenvalue weighted by Crippen LogP contribution is 2.10. The summed E-state index contributed by atoms with van der Waals surface area (Å²) < 4.78 is 0. The zero-order valence-electron chi connectivity index (χ0n) is 12.7. The average molecular weight is 254 g/mol. The lowest BCUT2D eigenvalue weighted by molar-refractivity contribution is 0.567. The first-order chi connectivity index (χ1) is 8.81. The monoisotopic (exact) mass is 254 g/mol. The van der Waals surface area contributed by atoms with Crippen LogP contribution in [0.1, 0.15) is 90.9 Å². The molecule has 0 atom stereocenters. The van der Waals surface area contributed by atoms with Gasteiger partial charge in [0.2, 0.25) is 0 Å². The molecular formula is C16H34N2. The van der Waals surface area contributed by atoms with Crippen LogP contribution in [0.25, 0.3) is 0 Å². The second-order valence-electron chi connectivity index (χ2n) is 5.34. The van der Waals surface area contributed by atoms with Crippen LogP contribution in [0.5, 0.6) is 0 Å². The first kappa shape index (κ1) is 17.5. The zero-order chi connectivity index (χ0) is 13.5. The molecular weight excluding hydrogens is 220 g/mol. The Morgan fingerprint density at radius 3 is 1.78 bits per heavy atom. The maximum Gasteiger partial charge on any atom is 0.0931 e. The molecule has 108 valence electrons. The van der Waals surface area contributed by atoms with Crippen molar-refractivity contribution >= 4 is 5.84 Å². The minimum atomic E-state index is 0.742. The van der Waals surface area contributed by atoms with E-state index >= 15 is 0 Å². The van der Waals surface area contributed by atoms with Crippen LogP contribution >= 0.6 is 0 Å². The number of amidine groups is 1. The van der Waals surface area contributed by atoms with Crippen LogP contribution in [0.4, 0.5) is 0 Å². The van der Waals surface area contributed by atoms with Gasteiger partial charge in [-0.05, 0) is 12.8 Å². The van der Waals surface area contributed by atoms with E-state index in [1.54, 1.807) is 0 Å². The third kappa shape index (κ3) is 13.5. The normalized spacial score (nSPS) is 10.6. The molecule has 0 saturated carbocycles. The standard InChI is InChI=1S/C16H34N2/c1-3-5-7-8-9-10-11-12-13-14-16(17)18-15-6-4-2/h3-15H2,1-2H3,(H2,17,18). The molecule has 0 amide bonds. The Balaban J connectivity index is 3.08. The van der Waals surface area contributed by atoms with E-state index in [1.807, 2.05) is 0 Å². The van der Waals surface area contributed by atoms with Gasteiger partial charge in [-0.3, -0.25) is 5.41 Å². The van der Waals surface area contributed by atoms with Gasteiger partial charge in [-0.1, -0.05) is 71.6 Å². The summed E-state index contributed by atoms with van der Waals surface area (Å²) in [4.78, 5) is 0. The third-order valence-electron chi connectivity index (χ3n) is 3.40. The van der Waals surface area contributed by atoms with Gasteiger partial charge < -0.3 is 5.32 Å². The van der Waals surface area contributed by atoms with Crippen molar-refractivity contribution in [3.63, 3.8) is 0 Å². The summed E-state index contributed by atoms with van der Waals surface area (Å²) in [5, 5.41) is 10.9. The first-order valence-corrected chi connectivity index (χ1v) is 8.12. The minimum Gasteiger partial charge on any atom is -0.374 e. The van der Waals surface area contributed by atoms with Crippen LogP contribution < -0.4 is 5.32 Å². The highest BCUT2D eigenvalue weighted by Gasteiger charge is 1.96. The van der Waals surface area contributed by atoms with Gasteiger partial charge in [0.1, 0.15) is 0 Å². The Kier molecular flexibility index (Phi) is 14.1. The molecule has 18 heavy (non-hydrogen) atoms. The summed E-state index contributed by atoms with van der Waals surface area (Å²) in [6.07, 6.45) is 15.6. The summed E-state index contributed by atoms with van der Waals surface area (Å²) in [6, 6.07) is 0. The zero-order valence-corrected chi connectivity index (χ0v) is 12.7. The minimum absolute atomic E-state index is 0.742. The third-order valence-corrected chi connectivity index (χ3v) is 3.40. The van der Waals surface area contributed by atoms with E-state index in [9.17, 15) is 0 Å². The van der Waals surface area contributed by atoms with Gasteiger partial charge in [0, 0.05) is 13.0 Å². The summed E-state index contributed by atoms with van der Waals surface area (Å²) >= 11 is 0. The summed E-state index contributed by atoms with van der Waals surface area (Å²) in [6.45, 7) is 5.43. The van der Waals surface area contributed by atoms with Gasteiger partial charge in [-0.2, -0.15) is 0 Å². The van der Waals surface area contributed by atoms with Gasteiger partial charge >= 0.3 is 0 Å². The highest BCUT2D eigenvalue weighted by molar-refractivity contribution is 5.78. The number of rotatable bonds is 13. The Labute approximate surface area is 114 Å². The van der Waals surface area contributed by atoms with Crippen molar-refractivity contribution in [3.8, 4) is 0 Å². The van der Waals surface area contributed by atoms with E-state index in [1.165, 1.54) is 70.6 Å². The lowest BCUT2D eigenvalue weighted by Gasteiger charge is -2.07. The van der Waals surface area contributed by atoms with Gasteiger partial charge in [0.05, 0.1) is 5.84 Å². The van der Waals surface area contributed by atoms with Crippen molar-refractivity contribution in [1.82, 2.24) is 5.32 Å². The van der Waals surface area contributed by atoms with Crippen molar-refractivity contribution < 1.29 is 0 Å². The molecule has 2 nitrogen and oxygen atoms in total. The van der Waals surface area contributed by atoms with E-state index in [-0.39, 0.29) is 0 Å². The fraction of sp³-hybridized carbons (Fsp3) is 0.938. The molecule has 0 spiro atoms. The highest BCUT2D eigenvalue weighted by atomic mass is 14.9. The summed E-state index contributed by atoms with van der Waals surface area (Å²) in [5.41, 5.74) is 0. The van der Waals surface area contributed by atoms with Crippen LogP contribution in [0.2, 0.25) is 0 Å². The molecule has 2 N–H and O–H groups in total. The van der Waals surface area contributed by atoms with E-state index in [0.29, 0.717) is 0 Å². The fourth-order valence-electron chi connectivity index (χ4n) is 2.12. The van der Waals surface area contributed by atoms with Crippen molar-refractivity contribution in [3.05, 3.63) is 0 Å². The molecule has 0 bridgehead atoms. The van der Waals surface area contributed by atoms with Gasteiger partial charge in [0.15, 0.2) is 0 Å². The Hall–Kier alpha value is -0.530. The van der Waals surface area contributed by atoms with Crippen LogP contribution in [-0.4, -0.2) is 12.4 Å². The maximum absolute atomic E-state index is 7.75. The topological polar surface area (TPSA) is 35.9 Å². The lowest BCUT2D eigenvalue weighted by Crippen LogP contribution is -2.23. The van der Waals surface area contributed by atoms with Crippen molar-refractivity contribution in [2.45, 2.75) is 90.9 Å². The predicted octanol–water partition coefficient (Wildman–Crippen LogP) is 5.27. The molecule has 0 heterocycles. The Bertz CT molecular complexity index is 178. The number of unbranched alkanes of at least 4 members (excludes halogenated alkanes) is 9. The quantitative estimate of drug-likeness (QED) is 0.262. The second kappa shape index (κ2) is 14.5. The average Bonchev–Trinajstić information content (AvgIpc) is 2.37. The molecule has 0 aromatic carbocycles. The van der Waals surface area contributed by atoms with Gasteiger partial charge in [-0.15, -0.1) is 0 Å². The van der Waals surface area contributed by atoms with Crippen LogP contribution in [0, 0.1) is 5.41 Å². The molecule has 0 radical (unpaired) electrons. The van der Waals surface area contributed by atoms with Crippen LogP contribution in [-0.2, 0) is 0 Å².